The van der Waals surface area contributed by atoms with Gasteiger partial charge in [-0.15, -0.1) is 0 Å². The standard InChI is InChI=1S/C65H123NO5/c1-3-5-7-9-11-13-15-17-19-21-23-25-29-33-37-41-45-49-53-57-63(68)62(61-67)66-64(69)58-54-50-46-42-38-34-30-26-24-28-32-36-40-44-48-52-56-60-71-65(70)59-55-51-47-43-39-35-31-27-22-20-18-16-14-12-10-8-6-4-2/h20,22,24,28,53,57,62-63,67-68H,3-19,21,23,25-27,29-52,54-56,58-61H2,1-2H3,(H,66,69)/b22-20-,28-24-,57-53+. The summed E-state index contributed by atoms with van der Waals surface area (Å²) in [6, 6.07) is -0.638. The number of ether oxygens (including phenoxy) is 1. The Hall–Kier alpha value is -1.92. The number of aliphatic hydroxyl groups excluding tert-OH is 2. The Morgan fingerprint density at radius 3 is 1.00 bits per heavy atom. The number of nitrogens with one attached hydrogen (secondary N) is 1. The molecule has 71 heavy (non-hydrogen) atoms. The summed E-state index contributed by atoms with van der Waals surface area (Å²) in [5, 5.41) is 23.2. The number of aliphatic hydroxyl groups is 2. The molecular formula is C65H123NO5. The van der Waals surface area contributed by atoms with E-state index in [2.05, 4.69) is 43.5 Å². The molecule has 3 N–H and O–H groups in total. The zero-order chi connectivity index (χ0) is 51.4. The van der Waals surface area contributed by atoms with Gasteiger partial charge in [0.1, 0.15) is 0 Å². The van der Waals surface area contributed by atoms with Crippen molar-refractivity contribution in [2.24, 2.45) is 0 Å². The molecule has 0 heterocycles. The highest BCUT2D eigenvalue weighted by Crippen LogP contribution is 2.17. The van der Waals surface area contributed by atoms with Gasteiger partial charge in [-0.25, -0.2) is 0 Å². The molecule has 0 saturated heterocycles. The molecule has 2 unspecified atom stereocenters. The van der Waals surface area contributed by atoms with Gasteiger partial charge in [-0.1, -0.05) is 281 Å². The number of carbonyl (C=O) groups excluding carboxylic acids is 2. The summed E-state index contributed by atoms with van der Waals surface area (Å²) in [7, 11) is 0. The molecule has 0 aliphatic rings. The number of esters is 1. The molecular weight excluding hydrogens is 875 g/mol. The summed E-state index contributed by atoms with van der Waals surface area (Å²) in [5.41, 5.74) is 0. The van der Waals surface area contributed by atoms with Gasteiger partial charge in [0.05, 0.1) is 25.4 Å². The molecule has 0 rings (SSSR count). The topological polar surface area (TPSA) is 95.9 Å². The normalized spacial score (nSPS) is 12.8. The molecule has 0 saturated carbocycles. The summed E-state index contributed by atoms with van der Waals surface area (Å²) in [6.07, 6.45) is 76.1. The maximum Gasteiger partial charge on any atom is 0.305 e. The third kappa shape index (κ3) is 57.2. The highest BCUT2D eigenvalue weighted by atomic mass is 16.5. The second-order valence-corrected chi connectivity index (χ2v) is 21.7. The molecule has 2 atom stereocenters. The third-order valence-electron chi connectivity index (χ3n) is 14.6. The molecule has 0 aromatic heterocycles. The summed E-state index contributed by atoms with van der Waals surface area (Å²) < 4.78 is 5.48. The van der Waals surface area contributed by atoms with Gasteiger partial charge in [-0.2, -0.15) is 0 Å². The van der Waals surface area contributed by atoms with Crippen LogP contribution < -0.4 is 5.32 Å². The molecule has 418 valence electrons. The first-order chi connectivity index (χ1) is 35.0. The zero-order valence-corrected chi connectivity index (χ0v) is 47.7. The van der Waals surface area contributed by atoms with Crippen molar-refractivity contribution in [2.45, 2.75) is 353 Å². The van der Waals surface area contributed by atoms with Gasteiger partial charge < -0.3 is 20.3 Å². The predicted molar refractivity (Wildman–Crippen MR) is 310 cm³/mol. The Balaban J connectivity index is 3.47. The quantitative estimate of drug-likeness (QED) is 0.0321. The van der Waals surface area contributed by atoms with Gasteiger partial charge >= 0.3 is 5.97 Å². The average molecular weight is 999 g/mol. The minimum atomic E-state index is -0.853. The average Bonchev–Trinajstić information content (AvgIpc) is 3.37. The Morgan fingerprint density at radius 2 is 0.662 bits per heavy atom. The van der Waals surface area contributed by atoms with Gasteiger partial charge in [0.25, 0.3) is 0 Å². The molecule has 0 radical (unpaired) electrons. The van der Waals surface area contributed by atoms with Crippen molar-refractivity contribution in [3.8, 4) is 0 Å². The van der Waals surface area contributed by atoms with Crippen LogP contribution in [0.4, 0.5) is 0 Å². The zero-order valence-electron chi connectivity index (χ0n) is 47.7. The molecule has 0 aliphatic heterocycles. The molecule has 1 amide bonds. The first kappa shape index (κ1) is 69.1. The van der Waals surface area contributed by atoms with Crippen LogP contribution in [-0.4, -0.2) is 47.4 Å². The molecule has 0 aromatic rings. The summed E-state index contributed by atoms with van der Waals surface area (Å²) >= 11 is 0. The lowest BCUT2D eigenvalue weighted by Crippen LogP contribution is -2.45. The lowest BCUT2D eigenvalue weighted by atomic mass is 10.0. The van der Waals surface area contributed by atoms with E-state index in [4.69, 9.17) is 4.74 Å². The smallest absolute Gasteiger partial charge is 0.305 e. The van der Waals surface area contributed by atoms with Crippen LogP contribution in [0.5, 0.6) is 0 Å². The van der Waals surface area contributed by atoms with E-state index in [-0.39, 0.29) is 18.5 Å². The number of amides is 1. The summed E-state index contributed by atoms with van der Waals surface area (Å²) in [5.74, 6) is -0.0833. The second-order valence-electron chi connectivity index (χ2n) is 21.7. The maximum absolute atomic E-state index is 12.5. The van der Waals surface area contributed by atoms with Gasteiger partial charge in [0, 0.05) is 12.8 Å². The van der Waals surface area contributed by atoms with Gasteiger partial charge in [0.15, 0.2) is 0 Å². The van der Waals surface area contributed by atoms with Crippen LogP contribution in [0, 0.1) is 0 Å². The highest BCUT2D eigenvalue weighted by molar-refractivity contribution is 5.76. The van der Waals surface area contributed by atoms with E-state index in [1.165, 1.54) is 257 Å². The minimum absolute atomic E-state index is 0.00534. The number of unbranched alkanes of at least 4 members (excludes halogenated alkanes) is 44. The Bertz CT molecular complexity index is 1150. The lowest BCUT2D eigenvalue weighted by molar-refractivity contribution is -0.143. The molecule has 0 aromatic carbocycles. The predicted octanol–water partition coefficient (Wildman–Crippen LogP) is 20.0. The lowest BCUT2D eigenvalue weighted by Gasteiger charge is -2.20. The van der Waals surface area contributed by atoms with Crippen molar-refractivity contribution >= 4 is 11.9 Å². The van der Waals surface area contributed by atoms with E-state index in [1.807, 2.05) is 6.08 Å². The van der Waals surface area contributed by atoms with Gasteiger partial charge in [-0.05, 0) is 83.5 Å². The van der Waals surface area contributed by atoms with Crippen LogP contribution in [0.2, 0.25) is 0 Å². The van der Waals surface area contributed by atoms with E-state index in [0.29, 0.717) is 19.4 Å². The van der Waals surface area contributed by atoms with Crippen LogP contribution in [0.3, 0.4) is 0 Å². The highest BCUT2D eigenvalue weighted by Gasteiger charge is 2.18. The molecule has 6 nitrogen and oxygen atoms in total. The Labute approximate surface area is 443 Å². The fraction of sp³-hybridized carbons (Fsp3) is 0.877. The van der Waals surface area contributed by atoms with E-state index in [1.54, 1.807) is 6.08 Å². The molecule has 0 fully saturated rings. The van der Waals surface area contributed by atoms with Crippen molar-refractivity contribution in [3.63, 3.8) is 0 Å². The van der Waals surface area contributed by atoms with Crippen LogP contribution in [0.25, 0.3) is 0 Å². The number of rotatable bonds is 59. The van der Waals surface area contributed by atoms with E-state index in [0.717, 1.165) is 57.8 Å². The number of carbonyl (C=O) groups is 2. The van der Waals surface area contributed by atoms with E-state index in [9.17, 15) is 19.8 Å². The fourth-order valence-electron chi connectivity index (χ4n) is 9.74. The fourth-order valence-corrected chi connectivity index (χ4v) is 9.74. The van der Waals surface area contributed by atoms with Crippen molar-refractivity contribution in [2.75, 3.05) is 13.2 Å². The number of allylic oxidation sites excluding steroid dienone is 5. The monoisotopic (exact) mass is 998 g/mol. The first-order valence-corrected chi connectivity index (χ1v) is 31.8. The minimum Gasteiger partial charge on any atom is -0.466 e. The molecule has 0 spiro atoms. The summed E-state index contributed by atoms with van der Waals surface area (Å²) in [6.45, 7) is 4.90. The molecule has 0 aliphatic carbocycles. The van der Waals surface area contributed by atoms with Crippen molar-refractivity contribution in [1.29, 1.82) is 0 Å². The Morgan fingerprint density at radius 1 is 0.380 bits per heavy atom. The SMILES string of the molecule is CCCCCCCCC/C=C\CCCCCCCCCC(=O)OCCCCCCCC/C=C\CCCCCCCCCC(=O)NC(CO)C(O)/C=C/CCCCCCCCCCCCCCCCCCC. The van der Waals surface area contributed by atoms with Gasteiger partial charge in [-0.3, -0.25) is 9.59 Å². The van der Waals surface area contributed by atoms with E-state index >= 15 is 0 Å². The largest absolute Gasteiger partial charge is 0.466 e. The Kier molecular flexibility index (Phi) is 59.0. The first-order valence-electron chi connectivity index (χ1n) is 31.8. The van der Waals surface area contributed by atoms with Crippen molar-refractivity contribution in [3.05, 3.63) is 36.5 Å². The van der Waals surface area contributed by atoms with Crippen LogP contribution >= 0.6 is 0 Å². The van der Waals surface area contributed by atoms with Crippen molar-refractivity contribution in [1.82, 2.24) is 5.32 Å². The van der Waals surface area contributed by atoms with E-state index < -0.39 is 12.1 Å². The van der Waals surface area contributed by atoms with Crippen LogP contribution in [0.1, 0.15) is 341 Å². The molecule has 6 heteroatoms. The summed E-state index contributed by atoms with van der Waals surface area (Å²) in [4.78, 5) is 24.6. The third-order valence-corrected chi connectivity index (χ3v) is 14.6. The molecule has 0 bridgehead atoms. The van der Waals surface area contributed by atoms with Gasteiger partial charge in [0.2, 0.25) is 5.91 Å². The maximum atomic E-state index is 12.5. The van der Waals surface area contributed by atoms with Crippen molar-refractivity contribution < 1.29 is 24.5 Å². The number of hydrogen-bond acceptors (Lipinski definition) is 5. The second kappa shape index (κ2) is 60.6. The number of hydrogen-bond donors (Lipinski definition) is 3. The van der Waals surface area contributed by atoms with Crippen LogP contribution in [0.15, 0.2) is 36.5 Å². The van der Waals surface area contributed by atoms with Crippen LogP contribution in [-0.2, 0) is 14.3 Å².